The Balaban J connectivity index is 4.20. The predicted molar refractivity (Wildman–Crippen MR) is 263 cm³/mol. The van der Waals surface area contributed by atoms with Gasteiger partial charge in [-0.25, -0.2) is 0 Å². The van der Waals surface area contributed by atoms with Crippen LogP contribution in [-0.2, 0) is 28.6 Å². The lowest BCUT2D eigenvalue weighted by atomic mass is 10.0. The molecular formula is C55H101NO7. The Kier molecular flexibility index (Phi) is 44.3. The number of rotatable bonds is 48. The average Bonchev–Trinajstić information content (AvgIpc) is 3.24. The number of aliphatic carboxylic acids is 1. The van der Waals surface area contributed by atoms with Crippen LogP contribution < -0.4 is 5.11 Å². The second-order valence-corrected chi connectivity index (χ2v) is 19.1. The minimum absolute atomic E-state index is 0.0401. The van der Waals surface area contributed by atoms with E-state index in [-0.39, 0.29) is 42.7 Å². The first-order chi connectivity index (χ1) is 30.6. The van der Waals surface area contributed by atoms with E-state index in [1.807, 2.05) is 0 Å². The maximum atomic E-state index is 12.8. The summed E-state index contributed by atoms with van der Waals surface area (Å²) in [6.45, 7) is 4.59. The molecule has 0 aromatic heterocycles. The molecule has 0 saturated heterocycles. The van der Waals surface area contributed by atoms with Gasteiger partial charge in [-0.2, -0.15) is 0 Å². The van der Waals surface area contributed by atoms with Gasteiger partial charge in [0, 0.05) is 19.3 Å². The van der Waals surface area contributed by atoms with Crippen molar-refractivity contribution in [3.63, 3.8) is 0 Å². The summed E-state index contributed by atoms with van der Waals surface area (Å²) in [5.41, 5.74) is 0. The highest BCUT2D eigenvalue weighted by Crippen LogP contribution is 2.16. The molecule has 2 atom stereocenters. The zero-order valence-electron chi connectivity index (χ0n) is 42.0. The molecule has 0 aliphatic rings. The lowest BCUT2D eigenvalue weighted by Gasteiger charge is -2.34. The minimum Gasteiger partial charge on any atom is -0.544 e. The number of hydrogen-bond acceptors (Lipinski definition) is 7. The zero-order valence-corrected chi connectivity index (χ0v) is 42.0. The third kappa shape index (κ3) is 44.5. The molecule has 0 aromatic rings. The number of nitrogens with zero attached hydrogens (tertiary/aromatic N) is 1. The molecule has 0 aliphatic carbocycles. The number of esters is 2. The second-order valence-electron chi connectivity index (χ2n) is 19.1. The predicted octanol–water partition coefficient (Wildman–Crippen LogP) is 14.0. The standard InChI is InChI=1S/C55H101NO7/c1-6-8-10-12-14-16-18-20-22-24-26-27-28-30-31-33-35-37-39-41-43-45-53(57)62-50-51(49-61-48-47-52(55(59)60)56(3,4)5)63-54(58)46-44-42-40-38-36-34-32-29-25-23-21-19-17-15-13-11-9-7-2/h8,10,14,16,29,32,51-52H,6-7,9,11-13,15,17-28,30-31,33-50H2,1-5H3/b10-8+,16-14+,32-29+. The Labute approximate surface area is 389 Å². The topological polar surface area (TPSA) is 102 Å². The van der Waals surface area contributed by atoms with Gasteiger partial charge in [-0.3, -0.25) is 9.59 Å². The SMILES string of the molecule is CC/C=C/C/C=C/CCCCCCCCCCCCCCCCC(=O)OCC(COCCC(C(=O)[O-])[N+](C)(C)C)OC(=O)CCCCCCC/C=C/CCCCCCCCCCC. The maximum Gasteiger partial charge on any atom is 0.306 e. The molecule has 368 valence electrons. The number of allylic oxidation sites excluding steroid dienone is 6. The van der Waals surface area contributed by atoms with Crippen LogP contribution in [0.4, 0.5) is 0 Å². The highest BCUT2D eigenvalue weighted by molar-refractivity contribution is 5.70. The number of ether oxygens (including phenoxy) is 3. The fourth-order valence-corrected chi connectivity index (χ4v) is 7.93. The zero-order chi connectivity index (χ0) is 46.3. The Morgan fingerprint density at radius 1 is 0.492 bits per heavy atom. The highest BCUT2D eigenvalue weighted by atomic mass is 16.6. The maximum absolute atomic E-state index is 12.8. The van der Waals surface area contributed by atoms with Crippen molar-refractivity contribution in [2.24, 2.45) is 0 Å². The van der Waals surface area contributed by atoms with Crippen molar-refractivity contribution in [2.75, 3.05) is 41.0 Å². The molecule has 0 radical (unpaired) electrons. The Bertz CT molecular complexity index is 1130. The summed E-state index contributed by atoms with van der Waals surface area (Å²) in [5.74, 6) is -1.73. The largest absolute Gasteiger partial charge is 0.544 e. The average molecular weight is 888 g/mol. The third-order valence-corrected chi connectivity index (χ3v) is 12.0. The Morgan fingerprint density at radius 3 is 1.32 bits per heavy atom. The molecule has 0 saturated carbocycles. The molecule has 0 amide bonds. The first kappa shape index (κ1) is 60.5. The molecular weight excluding hydrogens is 787 g/mol. The number of carbonyl (C=O) groups is 3. The van der Waals surface area contributed by atoms with Crippen LogP contribution >= 0.6 is 0 Å². The number of likely N-dealkylation sites (N-methyl/N-ethyl adjacent to an activating group) is 1. The van der Waals surface area contributed by atoms with Crippen molar-refractivity contribution in [3.05, 3.63) is 36.5 Å². The van der Waals surface area contributed by atoms with Gasteiger partial charge in [0.15, 0.2) is 6.10 Å². The Morgan fingerprint density at radius 2 is 0.889 bits per heavy atom. The van der Waals surface area contributed by atoms with Crippen molar-refractivity contribution < 1.29 is 38.2 Å². The number of hydrogen-bond donors (Lipinski definition) is 0. The summed E-state index contributed by atoms with van der Waals surface area (Å²) in [5, 5.41) is 11.7. The lowest BCUT2D eigenvalue weighted by Crippen LogP contribution is -2.55. The first-order valence-electron chi connectivity index (χ1n) is 26.5. The fraction of sp³-hybridized carbons (Fsp3) is 0.836. The van der Waals surface area contributed by atoms with Gasteiger partial charge < -0.3 is 28.6 Å². The molecule has 0 bridgehead atoms. The molecule has 63 heavy (non-hydrogen) atoms. The molecule has 0 aliphatic heterocycles. The molecule has 8 heteroatoms. The highest BCUT2D eigenvalue weighted by Gasteiger charge is 2.25. The molecule has 0 N–H and O–H groups in total. The van der Waals surface area contributed by atoms with Gasteiger partial charge in [-0.05, 0) is 64.2 Å². The molecule has 8 nitrogen and oxygen atoms in total. The van der Waals surface area contributed by atoms with Gasteiger partial charge in [0.2, 0.25) is 0 Å². The van der Waals surface area contributed by atoms with Gasteiger partial charge in [0.25, 0.3) is 0 Å². The fourth-order valence-electron chi connectivity index (χ4n) is 7.93. The molecule has 2 unspecified atom stereocenters. The number of unbranched alkanes of at least 4 members (excludes halogenated alkanes) is 28. The lowest BCUT2D eigenvalue weighted by molar-refractivity contribution is -0.889. The monoisotopic (exact) mass is 888 g/mol. The van der Waals surface area contributed by atoms with E-state index in [9.17, 15) is 19.5 Å². The van der Waals surface area contributed by atoms with Gasteiger partial charge in [-0.15, -0.1) is 0 Å². The number of quaternary nitrogens is 1. The van der Waals surface area contributed by atoms with Crippen LogP contribution in [0.15, 0.2) is 36.5 Å². The van der Waals surface area contributed by atoms with Gasteiger partial charge in [0.05, 0.1) is 40.3 Å². The van der Waals surface area contributed by atoms with Gasteiger partial charge in [0.1, 0.15) is 12.6 Å². The summed E-state index contributed by atoms with van der Waals surface area (Å²) in [7, 11) is 5.42. The molecule has 0 aromatic carbocycles. The number of carboxylic acids is 1. The molecule has 0 spiro atoms. The van der Waals surface area contributed by atoms with Crippen molar-refractivity contribution >= 4 is 17.9 Å². The van der Waals surface area contributed by atoms with Crippen LogP contribution in [0.1, 0.15) is 245 Å². The number of carbonyl (C=O) groups excluding carboxylic acids is 3. The third-order valence-electron chi connectivity index (χ3n) is 12.0. The first-order valence-corrected chi connectivity index (χ1v) is 26.5. The van der Waals surface area contributed by atoms with Crippen LogP contribution in [0.25, 0.3) is 0 Å². The molecule has 0 fully saturated rings. The normalized spacial score (nSPS) is 13.1. The van der Waals surface area contributed by atoms with Gasteiger partial charge in [-0.1, -0.05) is 198 Å². The number of carboxylic acid groups (broad SMARTS) is 1. The van der Waals surface area contributed by atoms with E-state index < -0.39 is 18.1 Å². The van der Waals surface area contributed by atoms with Crippen LogP contribution in [0.5, 0.6) is 0 Å². The van der Waals surface area contributed by atoms with Crippen LogP contribution in [0.3, 0.4) is 0 Å². The Hall–Kier alpha value is -2.45. The van der Waals surface area contributed by atoms with Crippen LogP contribution in [-0.4, -0.2) is 75.5 Å². The minimum atomic E-state index is -1.12. The van der Waals surface area contributed by atoms with E-state index in [0.717, 1.165) is 64.2 Å². The van der Waals surface area contributed by atoms with E-state index in [2.05, 4.69) is 50.3 Å². The second kappa shape index (κ2) is 46.1. The summed E-state index contributed by atoms with van der Waals surface area (Å²) in [6.07, 6.45) is 54.6. The summed E-state index contributed by atoms with van der Waals surface area (Å²) < 4.78 is 17.3. The summed E-state index contributed by atoms with van der Waals surface area (Å²) in [4.78, 5) is 37.1. The van der Waals surface area contributed by atoms with Gasteiger partial charge >= 0.3 is 11.9 Å². The van der Waals surface area contributed by atoms with Crippen molar-refractivity contribution in [2.45, 2.75) is 257 Å². The van der Waals surface area contributed by atoms with E-state index >= 15 is 0 Å². The van der Waals surface area contributed by atoms with Crippen molar-refractivity contribution in [1.29, 1.82) is 0 Å². The summed E-state index contributed by atoms with van der Waals surface area (Å²) >= 11 is 0. The van der Waals surface area contributed by atoms with E-state index in [4.69, 9.17) is 14.2 Å². The quantitative estimate of drug-likeness (QED) is 0.0259. The van der Waals surface area contributed by atoms with E-state index in [1.54, 1.807) is 21.1 Å². The molecule has 0 rings (SSSR count). The smallest absolute Gasteiger partial charge is 0.306 e. The van der Waals surface area contributed by atoms with Crippen molar-refractivity contribution in [1.82, 2.24) is 0 Å². The van der Waals surface area contributed by atoms with Crippen molar-refractivity contribution in [3.8, 4) is 0 Å². The van der Waals surface area contributed by atoms with E-state index in [1.165, 1.54) is 148 Å². The molecule has 0 heterocycles. The van der Waals surface area contributed by atoms with E-state index in [0.29, 0.717) is 12.8 Å². The van der Waals surface area contributed by atoms with Crippen LogP contribution in [0.2, 0.25) is 0 Å². The van der Waals surface area contributed by atoms with Crippen LogP contribution in [0, 0.1) is 0 Å². The summed E-state index contributed by atoms with van der Waals surface area (Å²) in [6, 6.07) is -0.726.